The number of hydrogen-bond donors (Lipinski definition) is 0. The summed E-state index contributed by atoms with van der Waals surface area (Å²) in [6.45, 7) is 6.90. The zero-order valence-electron chi connectivity index (χ0n) is 10.7. The average Bonchev–Trinajstić information content (AvgIpc) is 2.41. The van der Waals surface area contributed by atoms with Gasteiger partial charge >= 0.3 is 0 Å². The summed E-state index contributed by atoms with van der Waals surface area (Å²) in [5, 5.41) is 0. The SMILES string of the molecule is C[Si](C)(C)OC1=C2CC[C@@H]3C=C(CCC1)[C@H]23. The monoisotopic (exact) mass is 234 g/mol. The summed E-state index contributed by atoms with van der Waals surface area (Å²) < 4.78 is 6.33. The molecule has 1 fully saturated rings. The Kier molecular flexibility index (Phi) is 2.32. The molecule has 0 N–H and O–H groups in total. The molecule has 0 aromatic heterocycles. The molecule has 3 rings (SSSR count). The second-order valence-electron chi connectivity index (χ2n) is 6.44. The van der Waals surface area contributed by atoms with Crippen LogP contribution in [-0.4, -0.2) is 8.32 Å². The van der Waals surface area contributed by atoms with E-state index in [0.717, 1.165) is 11.8 Å². The molecule has 0 amide bonds. The van der Waals surface area contributed by atoms with Gasteiger partial charge < -0.3 is 4.43 Å². The maximum atomic E-state index is 6.33. The summed E-state index contributed by atoms with van der Waals surface area (Å²) in [7, 11) is -1.41. The van der Waals surface area contributed by atoms with E-state index in [2.05, 4.69) is 25.7 Å². The molecule has 1 saturated carbocycles. The van der Waals surface area contributed by atoms with Crippen molar-refractivity contribution < 1.29 is 4.43 Å². The summed E-state index contributed by atoms with van der Waals surface area (Å²) in [6.07, 6.45) is 9.04. The molecule has 2 heteroatoms. The lowest BCUT2D eigenvalue weighted by Crippen LogP contribution is -2.26. The Hall–Kier alpha value is -0.503. The fourth-order valence-electron chi connectivity index (χ4n) is 3.49. The van der Waals surface area contributed by atoms with Gasteiger partial charge in [-0.25, -0.2) is 0 Å². The fourth-order valence-corrected chi connectivity index (χ4v) is 4.47. The van der Waals surface area contributed by atoms with E-state index in [1.54, 1.807) is 11.1 Å². The predicted octanol–water partition coefficient (Wildman–Crippen LogP) is 4.24. The molecular weight excluding hydrogens is 212 g/mol. The highest BCUT2D eigenvalue weighted by atomic mass is 28.4. The Morgan fingerprint density at radius 1 is 1.19 bits per heavy atom. The lowest BCUT2D eigenvalue weighted by atomic mass is 9.74. The summed E-state index contributed by atoms with van der Waals surface area (Å²) in [5.41, 5.74) is 3.41. The third-order valence-corrected chi connectivity index (χ3v) is 4.89. The van der Waals surface area contributed by atoms with Crippen LogP contribution in [0.15, 0.2) is 23.0 Å². The maximum Gasteiger partial charge on any atom is 0.241 e. The van der Waals surface area contributed by atoms with Gasteiger partial charge in [0, 0.05) is 12.3 Å². The normalized spacial score (nSPS) is 32.8. The van der Waals surface area contributed by atoms with Gasteiger partial charge in [0.2, 0.25) is 8.32 Å². The van der Waals surface area contributed by atoms with Gasteiger partial charge in [-0.15, -0.1) is 0 Å². The summed E-state index contributed by atoms with van der Waals surface area (Å²) >= 11 is 0. The van der Waals surface area contributed by atoms with Gasteiger partial charge in [-0.1, -0.05) is 11.6 Å². The van der Waals surface area contributed by atoms with Crippen molar-refractivity contribution in [2.45, 2.75) is 51.7 Å². The highest BCUT2D eigenvalue weighted by Crippen LogP contribution is 2.54. The largest absolute Gasteiger partial charge is 0.547 e. The second kappa shape index (κ2) is 3.49. The first kappa shape index (κ1) is 10.6. The van der Waals surface area contributed by atoms with E-state index in [1.807, 2.05) is 0 Å². The maximum absolute atomic E-state index is 6.33. The molecule has 1 nitrogen and oxygen atoms in total. The number of allylic oxidation sites excluding steroid dienone is 4. The molecule has 0 saturated heterocycles. The Morgan fingerprint density at radius 3 is 2.75 bits per heavy atom. The molecule has 0 radical (unpaired) electrons. The number of hydrogen-bond acceptors (Lipinski definition) is 1. The molecule has 3 aliphatic rings. The van der Waals surface area contributed by atoms with Crippen LogP contribution in [0, 0.1) is 11.8 Å². The first-order chi connectivity index (χ1) is 7.54. The van der Waals surface area contributed by atoms with Crippen molar-refractivity contribution in [2.24, 2.45) is 11.8 Å². The van der Waals surface area contributed by atoms with Crippen LogP contribution in [0.4, 0.5) is 0 Å². The van der Waals surface area contributed by atoms with Crippen LogP contribution in [0.1, 0.15) is 32.1 Å². The van der Waals surface area contributed by atoms with Crippen molar-refractivity contribution in [3.63, 3.8) is 0 Å². The van der Waals surface area contributed by atoms with Gasteiger partial charge in [-0.05, 0) is 56.8 Å². The van der Waals surface area contributed by atoms with Crippen LogP contribution >= 0.6 is 0 Å². The molecule has 88 valence electrons. The van der Waals surface area contributed by atoms with Crippen LogP contribution in [0.25, 0.3) is 0 Å². The summed E-state index contributed by atoms with van der Waals surface area (Å²) in [6, 6.07) is 0. The third-order valence-electron chi connectivity index (χ3n) is 4.04. The van der Waals surface area contributed by atoms with Crippen LogP contribution in [0.2, 0.25) is 19.6 Å². The van der Waals surface area contributed by atoms with Gasteiger partial charge in [0.05, 0.1) is 5.76 Å². The molecule has 0 aromatic rings. The van der Waals surface area contributed by atoms with E-state index in [-0.39, 0.29) is 0 Å². The van der Waals surface area contributed by atoms with Crippen molar-refractivity contribution in [2.75, 3.05) is 0 Å². The average molecular weight is 234 g/mol. The molecular formula is C14H22OSi. The van der Waals surface area contributed by atoms with E-state index in [1.165, 1.54) is 37.9 Å². The molecule has 3 aliphatic carbocycles. The molecule has 0 unspecified atom stereocenters. The predicted molar refractivity (Wildman–Crippen MR) is 69.6 cm³/mol. The van der Waals surface area contributed by atoms with Crippen LogP contribution < -0.4 is 0 Å². The zero-order valence-corrected chi connectivity index (χ0v) is 11.7. The molecule has 0 bridgehead atoms. The van der Waals surface area contributed by atoms with E-state index in [0.29, 0.717) is 0 Å². The highest BCUT2D eigenvalue weighted by Gasteiger charge is 2.42. The Labute approximate surface area is 99.7 Å². The van der Waals surface area contributed by atoms with Gasteiger partial charge in [-0.3, -0.25) is 0 Å². The lowest BCUT2D eigenvalue weighted by Gasteiger charge is -2.31. The summed E-state index contributed by atoms with van der Waals surface area (Å²) in [4.78, 5) is 0. The van der Waals surface area contributed by atoms with Crippen molar-refractivity contribution in [3.05, 3.63) is 23.0 Å². The lowest BCUT2D eigenvalue weighted by molar-refractivity contribution is 0.387. The molecule has 0 aliphatic heterocycles. The summed E-state index contributed by atoms with van der Waals surface area (Å²) in [5.74, 6) is 3.09. The van der Waals surface area contributed by atoms with Crippen molar-refractivity contribution in [1.29, 1.82) is 0 Å². The minimum absolute atomic E-state index is 0.814. The Morgan fingerprint density at radius 2 is 2.00 bits per heavy atom. The van der Waals surface area contributed by atoms with Gasteiger partial charge in [0.25, 0.3) is 0 Å². The molecule has 0 aromatic carbocycles. The van der Waals surface area contributed by atoms with Crippen molar-refractivity contribution >= 4 is 8.32 Å². The molecule has 0 spiro atoms. The Balaban J connectivity index is 1.91. The first-order valence-electron chi connectivity index (χ1n) is 6.66. The quantitative estimate of drug-likeness (QED) is 0.513. The van der Waals surface area contributed by atoms with Gasteiger partial charge in [0.1, 0.15) is 0 Å². The fraction of sp³-hybridized carbons (Fsp3) is 0.714. The zero-order chi connectivity index (χ0) is 11.3. The standard InChI is InChI=1S/C14H22OSi/c1-16(2,3)15-13-6-4-5-10-9-11-7-8-12(13)14(10)11/h9,11,14H,4-8H2,1-3H3/t11-,14+/m1/s1. The van der Waals surface area contributed by atoms with Gasteiger partial charge in [-0.2, -0.15) is 0 Å². The molecule has 2 atom stereocenters. The molecule has 16 heavy (non-hydrogen) atoms. The minimum Gasteiger partial charge on any atom is -0.547 e. The van der Waals surface area contributed by atoms with E-state index in [9.17, 15) is 0 Å². The topological polar surface area (TPSA) is 9.23 Å². The van der Waals surface area contributed by atoms with Crippen molar-refractivity contribution in [1.82, 2.24) is 0 Å². The van der Waals surface area contributed by atoms with Crippen LogP contribution in [0.5, 0.6) is 0 Å². The third kappa shape index (κ3) is 1.67. The smallest absolute Gasteiger partial charge is 0.241 e. The molecule has 0 heterocycles. The second-order valence-corrected chi connectivity index (χ2v) is 10.9. The van der Waals surface area contributed by atoms with E-state index >= 15 is 0 Å². The minimum atomic E-state index is -1.41. The highest BCUT2D eigenvalue weighted by molar-refractivity contribution is 6.70. The van der Waals surface area contributed by atoms with Gasteiger partial charge in [0.15, 0.2) is 0 Å². The van der Waals surface area contributed by atoms with E-state index < -0.39 is 8.32 Å². The Bertz CT molecular complexity index is 373. The van der Waals surface area contributed by atoms with Crippen LogP contribution in [0.3, 0.4) is 0 Å². The van der Waals surface area contributed by atoms with Crippen LogP contribution in [-0.2, 0) is 4.43 Å². The first-order valence-corrected chi connectivity index (χ1v) is 10.1. The van der Waals surface area contributed by atoms with Crippen molar-refractivity contribution in [3.8, 4) is 0 Å². The van der Waals surface area contributed by atoms with E-state index in [4.69, 9.17) is 4.43 Å². The number of rotatable bonds is 2.